The van der Waals surface area contributed by atoms with E-state index in [-0.39, 0.29) is 17.8 Å². The Hall–Kier alpha value is -0.910. The van der Waals surface area contributed by atoms with Crippen LogP contribution in [-0.2, 0) is 14.4 Å². The largest absolute Gasteiger partial charge is 0.318 e. The monoisotopic (exact) mass is 262 g/mol. The minimum absolute atomic E-state index is 0.0663. The summed E-state index contributed by atoms with van der Waals surface area (Å²) >= 11 is 3.01. The van der Waals surface area contributed by atoms with Gasteiger partial charge in [0.2, 0.25) is 11.8 Å². The van der Waals surface area contributed by atoms with Crippen molar-refractivity contribution in [1.82, 2.24) is 10.2 Å². The molecule has 0 atom stereocenters. The third kappa shape index (κ3) is 1.79. The lowest BCUT2D eigenvalue weighted by atomic mass is 9.99. The molecule has 0 unspecified atom stereocenters. The zero-order valence-electron chi connectivity index (χ0n) is 7.96. The molecule has 1 aliphatic heterocycles. The molecule has 1 saturated heterocycles. The lowest BCUT2D eigenvalue weighted by Gasteiger charge is -2.39. The number of halogens is 1. The number of amides is 3. The molecule has 0 bridgehead atoms. The summed E-state index contributed by atoms with van der Waals surface area (Å²) in [5.41, 5.74) is -0.960. The summed E-state index contributed by atoms with van der Waals surface area (Å²) in [5, 5.41) is 2.30. The maximum atomic E-state index is 11.4. The molecule has 0 aliphatic carbocycles. The van der Waals surface area contributed by atoms with Gasteiger partial charge in [-0.15, -0.1) is 0 Å². The summed E-state index contributed by atoms with van der Waals surface area (Å²) in [5.74, 6) is -1.15. The Bertz CT molecular complexity index is 301. The van der Waals surface area contributed by atoms with Gasteiger partial charge in [0.05, 0.1) is 5.33 Å². The Morgan fingerprint density at radius 3 is 2.64 bits per heavy atom. The van der Waals surface area contributed by atoms with Crippen LogP contribution in [0.5, 0.6) is 0 Å². The number of piperazine rings is 1. The summed E-state index contributed by atoms with van der Waals surface area (Å²) in [7, 11) is 0. The number of nitrogens with one attached hydrogen (secondary N) is 1. The van der Waals surface area contributed by atoms with Crippen LogP contribution >= 0.6 is 15.9 Å². The van der Waals surface area contributed by atoms with E-state index in [1.54, 1.807) is 13.8 Å². The van der Waals surface area contributed by atoms with E-state index in [1.165, 1.54) is 4.90 Å². The van der Waals surface area contributed by atoms with Crippen molar-refractivity contribution in [3.05, 3.63) is 0 Å². The van der Waals surface area contributed by atoms with Crippen LogP contribution in [0.15, 0.2) is 0 Å². The van der Waals surface area contributed by atoms with Crippen molar-refractivity contribution in [2.75, 3.05) is 11.9 Å². The van der Waals surface area contributed by atoms with E-state index in [9.17, 15) is 14.4 Å². The molecule has 1 fully saturated rings. The van der Waals surface area contributed by atoms with Crippen LogP contribution in [0.3, 0.4) is 0 Å². The highest BCUT2D eigenvalue weighted by Gasteiger charge is 2.42. The first kappa shape index (κ1) is 11.2. The highest BCUT2D eigenvalue weighted by atomic mass is 79.9. The summed E-state index contributed by atoms with van der Waals surface area (Å²) < 4.78 is 0. The maximum absolute atomic E-state index is 11.4. The lowest BCUT2D eigenvalue weighted by molar-refractivity contribution is -0.154. The number of hydrogen-bond acceptors (Lipinski definition) is 3. The third-order valence-electron chi connectivity index (χ3n) is 2.20. The van der Waals surface area contributed by atoms with Crippen LogP contribution in [0.1, 0.15) is 13.8 Å². The van der Waals surface area contributed by atoms with Gasteiger partial charge in [-0.1, -0.05) is 15.9 Å². The first-order chi connectivity index (χ1) is 6.39. The number of rotatable bonds is 1. The quantitative estimate of drug-likeness (QED) is 0.519. The standard InChI is InChI=1S/C8H11BrN2O3/c1-8(2)7(14)10-5(12)4-11(8)6(13)3-9/h3-4H2,1-2H3,(H,10,12,14). The van der Waals surface area contributed by atoms with Crippen LogP contribution in [-0.4, -0.2) is 40.0 Å². The Morgan fingerprint density at radius 1 is 1.57 bits per heavy atom. The Morgan fingerprint density at radius 2 is 2.14 bits per heavy atom. The van der Waals surface area contributed by atoms with Gasteiger partial charge in [-0.25, -0.2) is 0 Å². The molecule has 14 heavy (non-hydrogen) atoms. The minimum atomic E-state index is -0.960. The third-order valence-corrected chi connectivity index (χ3v) is 2.68. The van der Waals surface area contributed by atoms with Crippen LogP contribution in [0.2, 0.25) is 0 Å². The molecular formula is C8H11BrN2O3. The molecular weight excluding hydrogens is 252 g/mol. The first-order valence-electron chi connectivity index (χ1n) is 4.10. The predicted octanol–water partition coefficient (Wildman–Crippen LogP) is -0.355. The topological polar surface area (TPSA) is 66.5 Å². The number of carbonyl (C=O) groups is 3. The summed E-state index contributed by atoms with van der Waals surface area (Å²) in [6, 6.07) is 0. The van der Waals surface area contributed by atoms with Gasteiger partial charge < -0.3 is 4.90 Å². The molecule has 1 aliphatic rings. The smallest absolute Gasteiger partial charge is 0.252 e. The summed E-state index contributed by atoms with van der Waals surface area (Å²) in [4.78, 5) is 35.2. The SMILES string of the molecule is CC1(C)C(=O)NC(=O)CN1C(=O)CBr. The van der Waals surface area contributed by atoms with Crippen molar-refractivity contribution in [3.8, 4) is 0 Å². The van der Waals surface area contributed by atoms with Gasteiger partial charge in [0.25, 0.3) is 5.91 Å². The molecule has 0 saturated carbocycles. The molecule has 6 heteroatoms. The van der Waals surface area contributed by atoms with Gasteiger partial charge in [-0.05, 0) is 13.8 Å². The fourth-order valence-corrected chi connectivity index (χ4v) is 1.56. The van der Waals surface area contributed by atoms with Crippen molar-refractivity contribution in [2.45, 2.75) is 19.4 Å². The van der Waals surface area contributed by atoms with Crippen molar-refractivity contribution < 1.29 is 14.4 Å². The molecule has 0 spiro atoms. The van der Waals surface area contributed by atoms with Crippen molar-refractivity contribution in [2.24, 2.45) is 0 Å². The number of imide groups is 1. The van der Waals surface area contributed by atoms with E-state index in [1.807, 2.05) is 0 Å². The highest BCUT2D eigenvalue weighted by Crippen LogP contribution is 2.18. The molecule has 0 radical (unpaired) electrons. The normalized spacial score (nSPS) is 20.6. The zero-order valence-corrected chi connectivity index (χ0v) is 9.55. The molecule has 0 aromatic carbocycles. The van der Waals surface area contributed by atoms with Gasteiger partial charge >= 0.3 is 0 Å². The number of carbonyl (C=O) groups excluding carboxylic acids is 3. The highest BCUT2D eigenvalue weighted by molar-refractivity contribution is 9.09. The molecule has 1 N–H and O–H groups in total. The number of alkyl halides is 1. The van der Waals surface area contributed by atoms with E-state index < -0.39 is 17.4 Å². The fourth-order valence-electron chi connectivity index (χ4n) is 1.25. The molecule has 0 aromatic rings. The van der Waals surface area contributed by atoms with Crippen LogP contribution in [0, 0.1) is 0 Å². The molecule has 5 nitrogen and oxygen atoms in total. The number of hydrogen-bond donors (Lipinski definition) is 1. The first-order valence-corrected chi connectivity index (χ1v) is 5.22. The van der Waals surface area contributed by atoms with E-state index in [2.05, 4.69) is 21.2 Å². The van der Waals surface area contributed by atoms with Gasteiger partial charge in [0, 0.05) is 0 Å². The van der Waals surface area contributed by atoms with E-state index in [4.69, 9.17) is 0 Å². The second-order valence-corrected chi connectivity index (χ2v) is 4.11. The average molecular weight is 263 g/mol. The summed E-state index contributed by atoms with van der Waals surface area (Å²) in [6.07, 6.45) is 0. The molecule has 78 valence electrons. The van der Waals surface area contributed by atoms with Crippen LogP contribution in [0.4, 0.5) is 0 Å². The van der Waals surface area contributed by atoms with Crippen LogP contribution in [0.25, 0.3) is 0 Å². The fraction of sp³-hybridized carbons (Fsp3) is 0.625. The van der Waals surface area contributed by atoms with Gasteiger partial charge in [0.1, 0.15) is 12.1 Å². The Kier molecular flexibility index (Phi) is 2.94. The summed E-state index contributed by atoms with van der Waals surface area (Å²) in [6.45, 7) is 3.15. The molecule has 1 heterocycles. The zero-order chi connectivity index (χ0) is 10.9. The van der Waals surface area contributed by atoms with Crippen molar-refractivity contribution in [3.63, 3.8) is 0 Å². The lowest BCUT2D eigenvalue weighted by Crippen LogP contribution is -2.65. The van der Waals surface area contributed by atoms with Gasteiger partial charge in [-0.3, -0.25) is 19.7 Å². The Balaban J connectivity index is 2.96. The van der Waals surface area contributed by atoms with Crippen molar-refractivity contribution in [1.29, 1.82) is 0 Å². The second kappa shape index (κ2) is 3.68. The van der Waals surface area contributed by atoms with Gasteiger partial charge in [0.15, 0.2) is 0 Å². The van der Waals surface area contributed by atoms with Crippen LogP contribution < -0.4 is 5.32 Å². The van der Waals surface area contributed by atoms with Gasteiger partial charge in [-0.2, -0.15) is 0 Å². The average Bonchev–Trinajstić information content (AvgIpc) is 2.10. The second-order valence-electron chi connectivity index (χ2n) is 3.55. The molecule has 3 amide bonds. The van der Waals surface area contributed by atoms with E-state index in [0.29, 0.717) is 0 Å². The van der Waals surface area contributed by atoms with E-state index in [0.717, 1.165) is 0 Å². The minimum Gasteiger partial charge on any atom is -0.318 e. The number of nitrogens with zero attached hydrogens (tertiary/aromatic N) is 1. The molecule has 0 aromatic heterocycles. The predicted molar refractivity (Wildman–Crippen MR) is 52.7 cm³/mol. The Labute approximate surface area is 89.9 Å². The van der Waals surface area contributed by atoms with E-state index >= 15 is 0 Å². The van der Waals surface area contributed by atoms with Crippen molar-refractivity contribution >= 4 is 33.7 Å². The maximum Gasteiger partial charge on any atom is 0.252 e. The molecule has 1 rings (SSSR count).